The zero-order chi connectivity index (χ0) is 44.5. The van der Waals surface area contributed by atoms with Gasteiger partial charge in [0.25, 0.3) is 0 Å². The van der Waals surface area contributed by atoms with Gasteiger partial charge in [0, 0.05) is 28.4 Å². The van der Waals surface area contributed by atoms with E-state index in [9.17, 15) is 0 Å². The molecule has 326 valence electrons. The Morgan fingerprint density at radius 2 is 0.466 bits per heavy atom. The SMILES string of the molecule is CC1(C)C2CCC1C2.CC1(C)C2CCC1C2.CCC.CCC.CO.CO.CO.CO.c1ccc2ccccc2c1.c1ccccc1.c1ccccc1.c1ccccc1. The summed E-state index contributed by atoms with van der Waals surface area (Å²) in [7, 11) is 4.00. The lowest BCUT2D eigenvalue weighted by atomic mass is 9.61. The highest BCUT2D eigenvalue weighted by atomic mass is 16.2. The summed E-state index contributed by atoms with van der Waals surface area (Å²) < 4.78 is 0. The summed E-state index contributed by atoms with van der Waals surface area (Å²) in [5.41, 5.74) is 1.50. The third-order valence-corrected chi connectivity index (χ3v) is 10.7. The number of aliphatic hydroxyl groups excluding tert-OH is 4. The second kappa shape index (κ2) is 40.0. The van der Waals surface area contributed by atoms with Crippen LogP contribution in [-0.4, -0.2) is 48.9 Å². The molecule has 4 bridgehead atoms. The summed E-state index contributed by atoms with van der Waals surface area (Å²) in [5, 5.41) is 30.6. The largest absolute Gasteiger partial charge is 0.400 e. The minimum atomic E-state index is 0.750. The molecule has 0 spiro atoms. The van der Waals surface area contributed by atoms with Crippen LogP contribution in [0.3, 0.4) is 0 Å². The number of rotatable bonds is 0. The van der Waals surface area contributed by atoms with Crippen LogP contribution in [0.4, 0.5) is 0 Å². The molecule has 4 unspecified atom stereocenters. The third kappa shape index (κ3) is 24.9. The van der Waals surface area contributed by atoms with Crippen LogP contribution < -0.4 is 0 Å². The summed E-state index contributed by atoms with van der Waals surface area (Å²) >= 11 is 0. The average Bonchev–Trinajstić information content (AvgIpc) is 4.14. The van der Waals surface area contributed by atoms with Crippen LogP contribution in [0.25, 0.3) is 10.8 Å². The van der Waals surface area contributed by atoms with Gasteiger partial charge in [0.2, 0.25) is 0 Å². The molecule has 6 aliphatic carbocycles. The van der Waals surface area contributed by atoms with E-state index >= 15 is 0 Å². The molecule has 4 heteroatoms. The molecule has 5 aromatic carbocycles. The molecule has 4 nitrogen and oxygen atoms in total. The number of aliphatic hydroxyl groups is 4. The van der Waals surface area contributed by atoms with Crippen LogP contribution in [0.15, 0.2) is 158 Å². The van der Waals surface area contributed by atoms with Gasteiger partial charge in [-0.1, -0.05) is 226 Å². The molecule has 0 aromatic heterocycles. The molecule has 6 aliphatic rings. The number of fused-ring (bicyclic) bond motifs is 3. The molecule has 0 radical (unpaired) electrons. The van der Waals surface area contributed by atoms with Crippen molar-refractivity contribution in [2.45, 2.75) is 107 Å². The van der Waals surface area contributed by atoms with Gasteiger partial charge in [0.15, 0.2) is 0 Å². The fourth-order valence-corrected chi connectivity index (χ4v) is 7.30. The van der Waals surface area contributed by atoms with Crippen LogP contribution in [0.2, 0.25) is 0 Å². The minimum Gasteiger partial charge on any atom is -0.400 e. The molecule has 0 saturated heterocycles. The van der Waals surface area contributed by atoms with E-state index in [2.05, 4.69) is 104 Å². The summed E-state index contributed by atoms with van der Waals surface area (Å²) in [6, 6.07) is 52.7. The summed E-state index contributed by atoms with van der Waals surface area (Å²) in [6.07, 6.45) is 11.7. The standard InChI is InChI=1S/C10H8.2C8H14.3C6H6.2C3H8.4CH4O/c1-2-6-10-8-4-3-7-9(10)5-1;2*1-8(2)6-3-4-7(8)5-6;3*1-2-4-6-5-3-1;2*1-3-2;4*1-2/h1-8H;2*6-7H,3-5H2,1-2H3;3*1-6H;2*3H2,1-2H3;4*2H,1H3. The Balaban J connectivity index is -0.000000594. The van der Waals surface area contributed by atoms with E-state index in [4.69, 9.17) is 20.4 Å². The number of benzene rings is 5. The molecular weight excluding hydrogens is 713 g/mol. The van der Waals surface area contributed by atoms with Gasteiger partial charge in [0.1, 0.15) is 0 Å². The first-order valence-corrected chi connectivity index (χ1v) is 21.4. The molecule has 6 saturated carbocycles. The highest BCUT2D eigenvalue weighted by Crippen LogP contribution is 2.62. The van der Waals surface area contributed by atoms with Crippen molar-refractivity contribution in [1.29, 1.82) is 0 Å². The highest BCUT2D eigenvalue weighted by Gasteiger charge is 2.53. The Morgan fingerprint density at radius 1 is 0.328 bits per heavy atom. The summed E-state index contributed by atoms with van der Waals surface area (Å²) in [5.74, 6) is 4.42. The Kier molecular flexibility index (Phi) is 40.4. The molecule has 11 rings (SSSR count). The first-order chi connectivity index (χ1) is 28.2. The van der Waals surface area contributed by atoms with Gasteiger partial charge in [-0.2, -0.15) is 0 Å². The van der Waals surface area contributed by atoms with Crippen molar-refractivity contribution in [3.8, 4) is 0 Å². The molecule has 4 atom stereocenters. The molecule has 0 aliphatic heterocycles. The first-order valence-electron chi connectivity index (χ1n) is 21.4. The molecule has 6 fully saturated rings. The first kappa shape index (κ1) is 58.5. The van der Waals surface area contributed by atoms with Crippen molar-refractivity contribution in [3.63, 3.8) is 0 Å². The van der Waals surface area contributed by atoms with Crippen LogP contribution in [-0.2, 0) is 0 Å². The van der Waals surface area contributed by atoms with E-state index in [0.717, 1.165) is 62.9 Å². The Morgan fingerprint density at radius 3 is 0.552 bits per heavy atom. The molecular formula is C54H86O4. The van der Waals surface area contributed by atoms with Gasteiger partial charge in [0.05, 0.1) is 0 Å². The van der Waals surface area contributed by atoms with Crippen LogP contribution in [0, 0.1) is 34.5 Å². The lowest BCUT2D eigenvalue weighted by Crippen LogP contribution is -2.36. The van der Waals surface area contributed by atoms with Gasteiger partial charge >= 0.3 is 0 Å². The maximum Gasteiger partial charge on any atom is 0.0319 e. The monoisotopic (exact) mass is 799 g/mol. The Labute approximate surface area is 357 Å². The maximum atomic E-state index is 7.00. The van der Waals surface area contributed by atoms with Gasteiger partial charge in [-0.25, -0.2) is 0 Å². The van der Waals surface area contributed by atoms with E-state index < -0.39 is 0 Å². The van der Waals surface area contributed by atoms with Crippen LogP contribution >= 0.6 is 0 Å². The Hall–Kier alpha value is -3.80. The van der Waals surface area contributed by atoms with Gasteiger partial charge in [-0.15, -0.1) is 0 Å². The molecule has 0 heterocycles. The van der Waals surface area contributed by atoms with Crippen molar-refractivity contribution >= 4 is 10.8 Å². The van der Waals surface area contributed by atoms with Crippen molar-refractivity contribution in [2.75, 3.05) is 28.4 Å². The summed E-state index contributed by atoms with van der Waals surface area (Å²) in [6.45, 7) is 18.2. The van der Waals surface area contributed by atoms with Crippen LogP contribution in [0.5, 0.6) is 0 Å². The van der Waals surface area contributed by atoms with E-state index in [1.807, 2.05) is 109 Å². The van der Waals surface area contributed by atoms with E-state index in [0.29, 0.717) is 0 Å². The number of hydrogen-bond donors (Lipinski definition) is 4. The topological polar surface area (TPSA) is 80.9 Å². The van der Waals surface area contributed by atoms with Crippen molar-refractivity contribution in [1.82, 2.24) is 0 Å². The normalized spacial score (nSPS) is 18.7. The third-order valence-electron chi connectivity index (χ3n) is 10.7. The highest BCUT2D eigenvalue weighted by molar-refractivity contribution is 5.82. The maximum absolute atomic E-state index is 7.00. The minimum absolute atomic E-state index is 0.750. The lowest BCUT2D eigenvalue weighted by Gasteiger charge is -2.44. The van der Waals surface area contributed by atoms with Crippen molar-refractivity contribution in [3.05, 3.63) is 158 Å². The molecule has 5 aromatic rings. The fourth-order valence-electron chi connectivity index (χ4n) is 7.30. The summed E-state index contributed by atoms with van der Waals surface area (Å²) in [4.78, 5) is 0. The zero-order valence-corrected chi connectivity index (χ0v) is 38.8. The predicted octanol–water partition coefficient (Wildman–Crippen LogP) is 14.1. The van der Waals surface area contributed by atoms with Crippen molar-refractivity contribution in [2.24, 2.45) is 34.5 Å². The predicted molar refractivity (Wildman–Crippen MR) is 257 cm³/mol. The second-order valence-corrected chi connectivity index (χ2v) is 15.3. The molecule has 4 N–H and O–H groups in total. The number of hydrogen-bond acceptors (Lipinski definition) is 4. The lowest BCUT2D eigenvalue weighted by molar-refractivity contribution is 0.0523. The quantitative estimate of drug-likeness (QED) is 0.126. The Bertz CT molecular complexity index is 1190. The smallest absolute Gasteiger partial charge is 0.0319 e. The van der Waals surface area contributed by atoms with E-state index in [-0.39, 0.29) is 0 Å². The van der Waals surface area contributed by atoms with Crippen molar-refractivity contribution < 1.29 is 20.4 Å². The molecule has 58 heavy (non-hydrogen) atoms. The fraction of sp³-hybridized carbons (Fsp3) is 0.481. The van der Waals surface area contributed by atoms with Gasteiger partial charge < -0.3 is 20.4 Å². The second-order valence-electron chi connectivity index (χ2n) is 15.3. The molecule has 0 amide bonds. The van der Waals surface area contributed by atoms with Gasteiger partial charge in [-0.05, 0) is 83.8 Å². The van der Waals surface area contributed by atoms with Gasteiger partial charge in [-0.3, -0.25) is 0 Å². The van der Waals surface area contributed by atoms with E-state index in [1.165, 1.54) is 49.3 Å². The average molecular weight is 799 g/mol. The zero-order valence-electron chi connectivity index (χ0n) is 38.8. The van der Waals surface area contributed by atoms with Crippen LogP contribution in [0.1, 0.15) is 107 Å². The van der Waals surface area contributed by atoms with E-state index in [1.54, 1.807) is 12.8 Å².